The number of piperazine rings is 1. The van der Waals surface area contributed by atoms with Crippen molar-refractivity contribution in [2.75, 3.05) is 19.6 Å². The van der Waals surface area contributed by atoms with Crippen LogP contribution < -0.4 is 5.32 Å². The summed E-state index contributed by atoms with van der Waals surface area (Å²) in [4.78, 5) is 15.3. The Hall–Kier alpha value is -0.910. The first-order valence-corrected chi connectivity index (χ1v) is 7.76. The van der Waals surface area contributed by atoms with Crippen LogP contribution in [0.2, 0.25) is 0 Å². The molecule has 5 heteroatoms. The lowest BCUT2D eigenvalue weighted by molar-refractivity contribution is 0.0657. The highest BCUT2D eigenvalue weighted by Crippen LogP contribution is 2.31. The van der Waals surface area contributed by atoms with E-state index >= 15 is 0 Å². The van der Waals surface area contributed by atoms with Gasteiger partial charge >= 0.3 is 0 Å². The van der Waals surface area contributed by atoms with Crippen LogP contribution in [0.1, 0.15) is 23.5 Å². The minimum atomic E-state index is 0.0164. The minimum Gasteiger partial charge on any atom is -0.335 e. The van der Waals surface area contributed by atoms with E-state index in [1.54, 1.807) is 22.7 Å². The molecule has 0 aromatic carbocycles. The first-order valence-electron chi connectivity index (χ1n) is 6.06. The average Bonchev–Trinajstić information content (AvgIpc) is 2.86. The Morgan fingerprint density at radius 2 is 2.28 bits per heavy atom. The molecule has 0 radical (unpaired) electrons. The van der Waals surface area contributed by atoms with Crippen molar-refractivity contribution in [1.82, 2.24) is 10.2 Å². The van der Waals surface area contributed by atoms with Gasteiger partial charge in [-0.05, 0) is 31.4 Å². The van der Waals surface area contributed by atoms with E-state index in [4.69, 9.17) is 0 Å². The van der Waals surface area contributed by atoms with Gasteiger partial charge in [-0.15, -0.1) is 22.7 Å². The van der Waals surface area contributed by atoms with Crippen LogP contribution in [0.3, 0.4) is 0 Å². The number of nitrogens with one attached hydrogen (secondary N) is 1. The molecule has 1 aliphatic heterocycles. The zero-order valence-corrected chi connectivity index (χ0v) is 12.2. The van der Waals surface area contributed by atoms with Crippen molar-refractivity contribution in [3.63, 3.8) is 0 Å². The van der Waals surface area contributed by atoms with E-state index < -0.39 is 0 Å². The summed E-state index contributed by atoms with van der Waals surface area (Å²) >= 11 is 3.30. The predicted molar refractivity (Wildman–Crippen MR) is 77.7 cm³/mol. The molecule has 2 aromatic rings. The maximum Gasteiger partial charge on any atom is 0.264 e. The zero-order chi connectivity index (χ0) is 12.8. The first-order chi connectivity index (χ1) is 8.55. The van der Waals surface area contributed by atoms with E-state index in [1.165, 1.54) is 9.40 Å². The number of nitrogens with zero attached hydrogens (tertiary/aromatic N) is 1. The second-order valence-corrected chi connectivity index (χ2v) is 7.33. The lowest BCUT2D eigenvalue weighted by atomic mass is 10.0. The quantitative estimate of drug-likeness (QED) is 0.871. The van der Waals surface area contributed by atoms with E-state index in [-0.39, 0.29) is 11.4 Å². The van der Waals surface area contributed by atoms with Gasteiger partial charge in [0.05, 0.1) is 4.88 Å². The van der Waals surface area contributed by atoms with Gasteiger partial charge in [0.1, 0.15) is 0 Å². The molecule has 3 heterocycles. The molecule has 1 aliphatic rings. The molecule has 0 unspecified atom stereocenters. The zero-order valence-electron chi connectivity index (χ0n) is 10.5. The van der Waals surface area contributed by atoms with Gasteiger partial charge in [0, 0.05) is 34.6 Å². The number of hydrogen-bond donors (Lipinski definition) is 1. The number of rotatable bonds is 1. The number of thiophene rings is 2. The molecule has 18 heavy (non-hydrogen) atoms. The Morgan fingerprint density at radius 3 is 3.00 bits per heavy atom. The van der Waals surface area contributed by atoms with Gasteiger partial charge in [-0.2, -0.15) is 0 Å². The maximum atomic E-state index is 12.5. The molecular formula is C13H16N2OS2. The summed E-state index contributed by atoms with van der Waals surface area (Å²) in [5.41, 5.74) is 0.0164. The van der Waals surface area contributed by atoms with Crippen molar-refractivity contribution in [3.8, 4) is 0 Å². The second kappa shape index (κ2) is 4.33. The standard InChI is InChI=1S/C13H16N2OS2/c1-13(2)8-15(5-4-14-13)12(16)11-7-10-9(18-11)3-6-17-10/h3,6-7,14H,4-5,8H2,1-2H3. The van der Waals surface area contributed by atoms with Gasteiger partial charge in [0.25, 0.3) is 5.91 Å². The fourth-order valence-corrected chi connectivity index (χ4v) is 4.42. The van der Waals surface area contributed by atoms with Crippen LogP contribution in [-0.2, 0) is 0 Å². The van der Waals surface area contributed by atoms with Crippen LogP contribution in [-0.4, -0.2) is 36.0 Å². The summed E-state index contributed by atoms with van der Waals surface area (Å²) in [5.74, 6) is 0.179. The molecule has 0 aliphatic carbocycles. The van der Waals surface area contributed by atoms with Crippen molar-refractivity contribution in [2.24, 2.45) is 0 Å². The van der Waals surface area contributed by atoms with E-state index in [9.17, 15) is 4.79 Å². The van der Waals surface area contributed by atoms with E-state index in [1.807, 2.05) is 11.0 Å². The summed E-state index contributed by atoms with van der Waals surface area (Å²) in [6.07, 6.45) is 0. The van der Waals surface area contributed by atoms with Crippen LogP contribution in [0.5, 0.6) is 0 Å². The fourth-order valence-electron chi connectivity index (χ4n) is 2.34. The predicted octanol–water partition coefficient (Wildman–Crippen LogP) is 2.79. The molecule has 96 valence electrons. The molecular weight excluding hydrogens is 264 g/mol. The van der Waals surface area contributed by atoms with Crippen LogP contribution in [0.15, 0.2) is 17.5 Å². The smallest absolute Gasteiger partial charge is 0.264 e. The summed E-state index contributed by atoms with van der Waals surface area (Å²) in [7, 11) is 0. The molecule has 0 atom stereocenters. The summed E-state index contributed by atoms with van der Waals surface area (Å²) < 4.78 is 2.44. The molecule has 3 rings (SSSR count). The van der Waals surface area contributed by atoms with Crippen molar-refractivity contribution in [1.29, 1.82) is 0 Å². The van der Waals surface area contributed by atoms with Crippen molar-refractivity contribution < 1.29 is 4.79 Å². The Morgan fingerprint density at radius 1 is 1.44 bits per heavy atom. The highest BCUT2D eigenvalue weighted by Gasteiger charge is 2.29. The first kappa shape index (κ1) is 12.1. The molecule has 0 bridgehead atoms. The van der Waals surface area contributed by atoms with Gasteiger partial charge < -0.3 is 10.2 Å². The third-order valence-corrected chi connectivity index (χ3v) is 5.29. The Bertz CT molecular complexity index is 556. The highest BCUT2D eigenvalue weighted by molar-refractivity contribution is 7.27. The van der Waals surface area contributed by atoms with Gasteiger partial charge in [-0.1, -0.05) is 0 Å². The monoisotopic (exact) mass is 280 g/mol. The van der Waals surface area contributed by atoms with Crippen LogP contribution in [0.25, 0.3) is 9.40 Å². The van der Waals surface area contributed by atoms with Gasteiger partial charge in [-0.25, -0.2) is 0 Å². The number of amides is 1. The topological polar surface area (TPSA) is 32.3 Å². The number of hydrogen-bond acceptors (Lipinski definition) is 4. The van der Waals surface area contributed by atoms with E-state index in [0.717, 1.165) is 24.5 Å². The third-order valence-electron chi connectivity index (χ3n) is 3.21. The number of fused-ring (bicyclic) bond motifs is 1. The molecule has 3 nitrogen and oxygen atoms in total. The number of carbonyl (C=O) groups excluding carboxylic acids is 1. The van der Waals surface area contributed by atoms with Gasteiger partial charge in [0.15, 0.2) is 0 Å². The minimum absolute atomic E-state index is 0.0164. The lowest BCUT2D eigenvalue weighted by Crippen LogP contribution is -2.58. The summed E-state index contributed by atoms with van der Waals surface area (Å²) in [6, 6.07) is 4.12. The fraction of sp³-hybridized carbons (Fsp3) is 0.462. The normalized spacial score (nSPS) is 19.3. The molecule has 0 saturated carbocycles. The second-order valence-electron chi connectivity index (χ2n) is 5.30. The molecule has 1 N–H and O–H groups in total. The third kappa shape index (κ3) is 2.18. The molecule has 1 amide bonds. The maximum absolute atomic E-state index is 12.5. The highest BCUT2D eigenvalue weighted by atomic mass is 32.1. The van der Waals surface area contributed by atoms with E-state index in [0.29, 0.717) is 0 Å². The summed E-state index contributed by atoms with van der Waals surface area (Å²) in [5, 5.41) is 5.50. The largest absolute Gasteiger partial charge is 0.335 e. The Labute approximate surface area is 114 Å². The number of carbonyl (C=O) groups is 1. The molecule has 0 spiro atoms. The lowest BCUT2D eigenvalue weighted by Gasteiger charge is -2.38. The van der Waals surface area contributed by atoms with E-state index in [2.05, 4.69) is 30.6 Å². The summed E-state index contributed by atoms with van der Waals surface area (Å²) in [6.45, 7) is 6.72. The van der Waals surface area contributed by atoms with Crippen molar-refractivity contribution in [2.45, 2.75) is 19.4 Å². The Kier molecular flexibility index (Phi) is 2.92. The van der Waals surface area contributed by atoms with Crippen molar-refractivity contribution in [3.05, 3.63) is 22.4 Å². The van der Waals surface area contributed by atoms with Crippen LogP contribution in [0.4, 0.5) is 0 Å². The van der Waals surface area contributed by atoms with Gasteiger partial charge in [-0.3, -0.25) is 4.79 Å². The van der Waals surface area contributed by atoms with Crippen LogP contribution >= 0.6 is 22.7 Å². The Balaban J connectivity index is 1.84. The van der Waals surface area contributed by atoms with Gasteiger partial charge in [0.2, 0.25) is 0 Å². The van der Waals surface area contributed by atoms with Crippen LogP contribution in [0, 0.1) is 0 Å². The molecule has 2 aromatic heterocycles. The molecule has 1 saturated heterocycles. The average molecular weight is 280 g/mol. The van der Waals surface area contributed by atoms with Crippen molar-refractivity contribution >= 4 is 38.0 Å². The SMILES string of the molecule is CC1(C)CN(C(=O)c2cc3sccc3s2)CCN1. The molecule has 1 fully saturated rings.